The first-order chi connectivity index (χ1) is 17.1. The van der Waals surface area contributed by atoms with E-state index in [1.165, 1.54) is 14.2 Å². The number of carbonyl (C=O) groups excluding carboxylic acids is 2. The van der Waals surface area contributed by atoms with Gasteiger partial charge in [-0.1, -0.05) is 91.0 Å². The van der Waals surface area contributed by atoms with Crippen molar-refractivity contribution in [3.63, 3.8) is 0 Å². The van der Waals surface area contributed by atoms with Crippen molar-refractivity contribution in [2.75, 3.05) is 14.2 Å². The van der Waals surface area contributed by atoms with Gasteiger partial charge in [0.2, 0.25) is 0 Å². The highest BCUT2D eigenvalue weighted by molar-refractivity contribution is 6.03. The largest absolute Gasteiger partial charge is 0.468 e. The highest BCUT2D eigenvalue weighted by atomic mass is 16.5. The van der Waals surface area contributed by atoms with E-state index in [0.29, 0.717) is 6.42 Å². The van der Waals surface area contributed by atoms with Crippen LogP contribution in [0.3, 0.4) is 0 Å². The number of hydrogen-bond donors (Lipinski definition) is 0. The fraction of sp³-hybridized carbons (Fsp3) is 0.226. The second kappa shape index (κ2) is 8.09. The molecule has 0 amide bonds. The summed E-state index contributed by atoms with van der Waals surface area (Å²) in [5, 5.41) is 2.22. The lowest BCUT2D eigenvalue weighted by Gasteiger charge is -2.38. The average Bonchev–Trinajstić information content (AvgIpc) is 3.13. The van der Waals surface area contributed by atoms with Crippen LogP contribution in [-0.4, -0.2) is 26.2 Å². The second-order valence-electron chi connectivity index (χ2n) is 9.54. The summed E-state index contributed by atoms with van der Waals surface area (Å²) in [6.45, 7) is 0. The first-order valence-corrected chi connectivity index (χ1v) is 11.9. The molecular formula is C31H26O4. The topological polar surface area (TPSA) is 52.6 Å². The van der Waals surface area contributed by atoms with Gasteiger partial charge in [-0.05, 0) is 50.9 Å². The molecule has 2 bridgehead atoms. The second-order valence-corrected chi connectivity index (χ2v) is 9.54. The van der Waals surface area contributed by atoms with E-state index in [0.717, 1.165) is 38.6 Å². The summed E-state index contributed by atoms with van der Waals surface area (Å²) in [5.41, 5.74) is 3.89. The lowest BCUT2D eigenvalue weighted by molar-refractivity contribution is -0.171. The third kappa shape index (κ3) is 2.99. The van der Waals surface area contributed by atoms with Crippen molar-refractivity contribution in [3.05, 3.63) is 119 Å². The molecule has 4 aromatic rings. The molecule has 4 nitrogen and oxygen atoms in total. The summed E-state index contributed by atoms with van der Waals surface area (Å²) < 4.78 is 10.8. The molecule has 0 unspecified atom stereocenters. The quantitative estimate of drug-likeness (QED) is 0.279. The Morgan fingerprint density at radius 2 is 1.23 bits per heavy atom. The van der Waals surface area contributed by atoms with Gasteiger partial charge in [0.25, 0.3) is 0 Å². The molecule has 0 fully saturated rings. The van der Waals surface area contributed by atoms with Crippen molar-refractivity contribution in [3.8, 4) is 0 Å². The summed E-state index contributed by atoms with van der Waals surface area (Å²) in [6, 6.07) is 31.1. The van der Waals surface area contributed by atoms with E-state index in [1.807, 2.05) is 42.5 Å². The highest BCUT2D eigenvalue weighted by Crippen LogP contribution is 2.63. The Morgan fingerprint density at radius 1 is 0.686 bits per heavy atom. The van der Waals surface area contributed by atoms with E-state index in [4.69, 9.17) is 9.47 Å². The number of rotatable bonds is 3. The molecule has 0 aromatic heterocycles. The SMILES string of the molecule is COC(=O)C1(C(=O)OC)C[C@@H](c2ccccc2)[C@@H]2c3ccccc3[C@H]1c1cc3ccccc3cc12. The Balaban J connectivity index is 1.78. The Labute approximate surface area is 204 Å². The summed E-state index contributed by atoms with van der Waals surface area (Å²) in [5.74, 6) is -1.75. The van der Waals surface area contributed by atoms with Crippen LogP contribution in [0.25, 0.3) is 10.8 Å². The highest BCUT2D eigenvalue weighted by Gasteiger charge is 2.62. The lowest BCUT2D eigenvalue weighted by atomic mass is 9.64. The van der Waals surface area contributed by atoms with Crippen LogP contribution in [-0.2, 0) is 19.1 Å². The number of fused-ring (bicyclic) bond motifs is 3. The van der Waals surface area contributed by atoms with E-state index in [1.54, 1.807) is 0 Å². The normalized spacial score (nSPS) is 21.5. The molecule has 0 saturated carbocycles. The van der Waals surface area contributed by atoms with Gasteiger partial charge in [0.15, 0.2) is 5.41 Å². The first kappa shape index (κ1) is 21.6. The molecule has 35 heavy (non-hydrogen) atoms. The number of carbonyl (C=O) groups is 2. The maximum Gasteiger partial charge on any atom is 0.324 e. The van der Waals surface area contributed by atoms with Crippen LogP contribution in [0.15, 0.2) is 91.0 Å². The van der Waals surface area contributed by atoms with Crippen molar-refractivity contribution < 1.29 is 19.1 Å². The van der Waals surface area contributed by atoms with Gasteiger partial charge in [-0.25, -0.2) is 0 Å². The predicted octanol–water partition coefficient (Wildman–Crippen LogP) is 5.94. The van der Waals surface area contributed by atoms with Gasteiger partial charge < -0.3 is 9.47 Å². The molecule has 4 heteroatoms. The van der Waals surface area contributed by atoms with E-state index >= 15 is 0 Å². The minimum absolute atomic E-state index is 0.0133. The Hall–Kier alpha value is -3.92. The first-order valence-electron chi connectivity index (χ1n) is 11.9. The molecule has 7 rings (SSSR count). The number of methoxy groups -OCH3 is 2. The standard InChI is InChI=1S/C31H26O4/c1-34-29(32)31(30(33)35-2)18-26(19-10-4-3-5-11-19)27-22-14-8-9-15-23(22)28(31)25-17-21-13-7-6-12-20(21)16-24(25)27/h3-17,26-28H,18H2,1-2H3/t26-,27+,28-/m0/s1. The van der Waals surface area contributed by atoms with Gasteiger partial charge in [-0.3, -0.25) is 9.59 Å². The Kier molecular flexibility index (Phi) is 4.99. The van der Waals surface area contributed by atoms with Gasteiger partial charge in [-0.15, -0.1) is 0 Å². The Morgan fingerprint density at radius 3 is 1.86 bits per heavy atom. The molecule has 3 aliphatic carbocycles. The molecule has 0 aliphatic heterocycles. The molecular weight excluding hydrogens is 436 g/mol. The molecule has 174 valence electrons. The fourth-order valence-corrected chi connectivity index (χ4v) is 6.59. The minimum Gasteiger partial charge on any atom is -0.468 e. The summed E-state index contributed by atoms with van der Waals surface area (Å²) in [6.07, 6.45) is 0.297. The van der Waals surface area contributed by atoms with Crippen LogP contribution in [0, 0.1) is 5.41 Å². The zero-order valence-electron chi connectivity index (χ0n) is 19.7. The monoisotopic (exact) mass is 462 g/mol. The zero-order valence-corrected chi connectivity index (χ0v) is 19.7. The van der Waals surface area contributed by atoms with Crippen LogP contribution in [0.2, 0.25) is 0 Å². The van der Waals surface area contributed by atoms with E-state index in [-0.39, 0.29) is 11.8 Å². The van der Waals surface area contributed by atoms with E-state index in [9.17, 15) is 9.59 Å². The van der Waals surface area contributed by atoms with Crippen molar-refractivity contribution in [2.24, 2.45) is 5.41 Å². The van der Waals surface area contributed by atoms with Crippen molar-refractivity contribution in [2.45, 2.75) is 24.2 Å². The van der Waals surface area contributed by atoms with E-state index in [2.05, 4.69) is 48.5 Å². The van der Waals surface area contributed by atoms with Crippen molar-refractivity contribution in [1.82, 2.24) is 0 Å². The van der Waals surface area contributed by atoms with Gasteiger partial charge in [0.05, 0.1) is 14.2 Å². The van der Waals surface area contributed by atoms with E-state index < -0.39 is 23.3 Å². The van der Waals surface area contributed by atoms with Crippen LogP contribution < -0.4 is 0 Å². The minimum atomic E-state index is -1.51. The maximum absolute atomic E-state index is 13.8. The Bertz CT molecular complexity index is 1440. The molecule has 0 radical (unpaired) electrons. The van der Waals surface area contributed by atoms with Crippen LogP contribution in [0.1, 0.15) is 52.0 Å². The predicted molar refractivity (Wildman–Crippen MR) is 134 cm³/mol. The summed E-state index contributed by atoms with van der Waals surface area (Å²) in [7, 11) is 2.71. The van der Waals surface area contributed by atoms with Crippen LogP contribution >= 0.6 is 0 Å². The summed E-state index contributed by atoms with van der Waals surface area (Å²) >= 11 is 0. The molecule has 3 aliphatic rings. The maximum atomic E-state index is 13.8. The van der Waals surface area contributed by atoms with Gasteiger partial charge in [-0.2, -0.15) is 0 Å². The van der Waals surface area contributed by atoms with Crippen LogP contribution in [0.4, 0.5) is 0 Å². The fourth-order valence-electron chi connectivity index (χ4n) is 6.59. The number of ether oxygens (including phenoxy) is 2. The molecule has 0 saturated heterocycles. The van der Waals surface area contributed by atoms with Gasteiger partial charge in [0.1, 0.15) is 0 Å². The van der Waals surface area contributed by atoms with Crippen molar-refractivity contribution in [1.29, 1.82) is 0 Å². The molecule has 0 spiro atoms. The number of hydrogen-bond acceptors (Lipinski definition) is 4. The van der Waals surface area contributed by atoms with Gasteiger partial charge >= 0.3 is 11.9 Å². The summed E-state index contributed by atoms with van der Waals surface area (Å²) in [4.78, 5) is 27.5. The van der Waals surface area contributed by atoms with Gasteiger partial charge in [0, 0.05) is 11.8 Å². The lowest BCUT2D eigenvalue weighted by Crippen LogP contribution is -2.46. The smallest absolute Gasteiger partial charge is 0.324 e. The third-order valence-electron chi connectivity index (χ3n) is 8.00. The molecule has 0 heterocycles. The third-order valence-corrected chi connectivity index (χ3v) is 8.00. The van der Waals surface area contributed by atoms with Crippen LogP contribution in [0.5, 0.6) is 0 Å². The number of benzene rings is 4. The average molecular weight is 463 g/mol. The molecule has 4 aromatic carbocycles. The molecule has 0 N–H and O–H groups in total. The molecule has 3 atom stereocenters. The van der Waals surface area contributed by atoms with Crippen molar-refractivity contribution >= 4 is 22.7 Å². The zero-order chi connectivity index (χ0) is 24.2. The number of esters is 2.